The Morgan fingerprint density at radius 1 is 1.43 bits per heavy atom. The molecule has 2 rings (SSSR count). The monoisotopic (exact) mass is 344 g/mol. The van der Waals surface area contributed by atoms with Gasteiger partial charge in [0.2, 0.25) is 5.91 Å². The Morgan fingerprint density at radius 2 is 2.09 bits per heavy atom. The van der Waals surface area contributed by atoms with Crippen molar-refractivity contribution in [3.05, 3.63) is 23.5 Å². The van der Waals surface area contributed by atoms with E-state index in [1.165, 1.54) is 6.07 Å². The fourth-order valence-electron chi connectivity index (χ4n) is 2.92. The van der Waals surface area contributed by atoms with Crippen LogP contribution in [-0.4, -0.2) is 49.7 Å². The second-order valence-electron chi connectivity index (χ2n) is 5.95. The van der Waals surface area contributed by atoms with Gasteiger partial charge in [0.25, 0.3) is 5.91 Å². The minimum Gasteiger partial charge on any atom is -0.384 e. The lowest BCUT2D eigenvalue weighted by Gasteiger charge is -2.37. The van der Waals surface area contributed by atoms with E-state index in [0.29, 0.717) is 24.4 Å². The number of nitrogens with two attached hydrogens (primary N) is 1. The van der Waals surface area contributed by atoms with E-state index < -0.39 is 5.91 Å². The molecule has 7 nitrogen and oxygen atoms in total. The van der Waals surface area contributed by atoms with E-state index >= 15 is 0 Å². The van der Waals surface area contributed by atoms with Crippen molar-refractivity contribution in [2.75, 3.05) is 33.4 Å². The molecule has 1 aliphatic rings. The molecule has 23 heavy (non-hydrogen) atoms. The van der Waals surface area contributed by atoms with E-state index in [0.717, 1.165) is 25.9 Å². The molecule has 0 radical (unpaired) electrons. The first-order valence-corrected chi connectivity index (χ1v) is 7.41. The number of ether oxygens (including phenoxy) is 1. The molecule has 1 saturated heterocycles. The zero-order valence-corrected chi connectivity index (χ0v) is 14.4. The number of halogens is 1. The number of primary amides is 1. The average Bonchev–Trinajstić information content (AvgIpc) is 2.89. The van der Waals surface area contributed by atoms with Crippen LogP contribution in [-0.2, 0) is 11.8 Å². The van der Waals surface area contributed by atoms with Crippen LogP contribution in [0.25, 0.3) is 0 Å². The number of hydrogen-bond donors (Lipinski definition) is 3. The van der Waals surface area contributed by atoms with E-state index in [-0.39, 0.29) is 23.7 Å². The Hall–Kier alpha value is -1.57. The van der Waals surface area contributed by atoms with Gasteiger partial charge in [-0.05, 0) is 32.0 Å². The molecule has 0 unspecified atom stereocenters. The normalized spacial score (nSPS) is 16.4. The van der Waals surface area contributed by atoms with Crippen LogP contribution in [0.2, 0.25) is 0 Å². The number of carbonyl (C=O) groups excluding carboxylic acids is 2. The van der Waals surface area contributed by atoms with Crippen LogP contribution >= 0.6 is 12.4 Å². The second kappa shape index (κ2) is 8.33. The van der Waals surface area contributed by atoms with Crippen LogP contribution in [0.1, 0.15) is 33.7 Å². The quantitative estimate of drug-likeness (QED) is 0.691. The van der Waals surface area contributed by atoms with Crippen LogP contribution in [0.4, 0.5) is 0 Å². The number of aromatic nitrogens is 1. The fourth-order valence-corrected chi connectivity index (χ4v) is 2.92. The van der Waals surface area contributed by atoms with E-state index in [2.05, 4.69) is 10.6 Å². The van der Waals surface area contributed by atoms with Crippen molar-refractivity contribution in [3.8, 4) is 0 Å². The van der Waals surface area contributed by atoms with Crippen LogP contribution in [0.15, 0.2) is 12.3 Å². The van der Waals surface area contributed by atoms with Crippen molar-refractivity contribution in [2.45, 2.75) is 12.8 Å². The number of methoxy groups -OCH3 is 1. The summed E-state index contributed by atoms with van der Waals surface area (Å²) in [5.74, 6) is -0.743. The first-order chi connectivity index (χ1) is 10.5. The summed E-state index contributed by atoms with van der Waals surface area (Å²) in [6.07, 6.45) is 3.48. The Morgan fingerprint density at radius 3 is 2.61 bits per heavy atom. The van der Waals surface area contributed by atoms with Gasteiger partial charge in [0.15, 0.2) is 0 Å². The van der Waals surface area contributed by atoms with Crippen molar-refractivity contribution >= 4 is 24.2 Å². The van der Waals surface area contributed by atoms with Crippen LogP contribution < -0.4 is 16.4 Å². The average molecular weight is 345 g/mol. The van der Waals surface area contributed by atoms with Crippen molar-refractivity contribution < 1.29 is 14.3 Å². The Bertz CT molecular complexity index is 547. The number of piperidine rings is 1. The highest BCUT2D eigenvalue weighted by molar-refractivity contribution is 5.98. The molecule has 1 aliphatic heterocycles. The summed E-state index contributed by atoms with van der Waals surface area (Å²) in [5, 5.41) is 6.29. The molecule has 130 valence electrons. The lowest BCUT2D eigenvalue weighted by Crippen LogP contribution is -2.47. The molecule has 4 N–H and O–H groups in total. The Balaban J connectivity index is 0.00000264. The van der Waals surface area contributed by atoms with Gasteiger partial charge in [-0.2, -0.15) is 0 Å². The van der Waals surface area contributed by atoms with E-state index in [9.17, 15) is 9.59 Å². The molecule has 0 spiro atoms. The highest BCUT2D eigenvalue weighted by atomic mass is 35.5. The molecule has 2 heterocycles. The van der Waals surface area contributed by atoms with Gasteiger partial charge in [0.05, 0.1) is 12.2 Å². The lowest BCUT2D eigenvalue weighted by molar-refractivity contribution is 0.0510. The fraction of sp³-hybridized carbons (Fsp3) is 0.600. The zero-order chi connectivity index (χ0) is 16.2. The largest absolute Gasteiger partial charge is 0.384 e. The number of nitrogens with one attached hydrogen (secondary N) is 2. The smallest absolute Gasteiger partial charge is 0.267 e. The maximum Gasteiger partial charge on any atom is 0.267 e. The summed E-state index contributed by atoms with van der Waals surface area (Å²) < 4.78 is 6.95. The SMILES string of the molecule is COCC1(CNC(=O)c2cc(C(N)=O)cn2C)CCNCC1.Cl. The maximum atomic E-state index is 12.4. The van der Waals surface area contributed by atoms with Crippen LogP contribution in [0.3, 0.4) is 0 Å². The summed E-state index contributed by atoms with van der Waals surface area (Å²) in [5.41, 5.74) is 5.97. The van der Waals surface area contributed by atoms with E-state index in [4.69, 9.17) is 10.5 Å². The summed E-state index contributed by atoms with van der Waals surface area (Å²) in [7, 11) is 3.40. The third-order valence-electron chi connectivity index (χ3n) is 4.26. The number of amides is 2. The summed E-state index contributed by atoms with van der Waals surface area (Å²) in [6.45, 7) is 3.03. The standard InChI is InChI=1S/C15H24N4O3.ClH/c1-19-8-11(13(16)20)7-12(19)14(21)18-9-15(10-22-2)3-5-17-6-4-15;/h7-8,17H,3-6,9-10H2,1-2H3,(H2,16,20)(H,18,21);1H. The highest BCUT2D eigenvalue weighted by Gasteiger charge is 2.32. The van der Waals surface area contributed by atoms with Gasteiger partial charge in [0, 0.05) is 32.3 Å². The number of carbonyl (C=O) groups is 2. The lowest BCUT2D eigenvalue weighted by atomic mass is 9.79. The summed E-state index contributed by atoms with van der Waals surface area (Å²) in [6, 6.07) is 1.52. The number of nitrogens with zero attached hydrogens (tertiary/aromatic N) is 1. The summed E-state index contributed by atoms with van der Waals surface area (Å²) in [4.78, 5) is 23.5. The molecule has 0 bridgehead atoms. The number of aryl methyl sites for hydroxylation is 1. The predicted octanol–water partition coefficient (Wildman–Crippen LogP) is 0.292. The van der Waals surface area contributed by atoms with E-state index in [1.54, 1.807) is 24.9 Å². The van der Waals surface area contributed by atoms with Gasteiger partial charge in [0.1, 0.15) is 5.69 Å². The molecule has 8 heteroatoms. The van der Waals surface area contributed by atoms with Crippen molar-refractivity contribution in [1.29, 1.82) is 0 Å². The Labute approximate surface area is 142 Å². The van der Waals surface area contributed by atoms with Crippen molar-refractivity contribution in [3.63, 3.8) is 0 Å². The topological polar surface area (TPSA) is 98.4 Å². The minimum absolute atomic E-state index is 0. The second-order valence-corrected chi connectivity index (χ2v) is 5.95. The molecule has 0 saturated carbocycles. The minimum atomic E-state index is -0.538. The zero-order valence-electron chi connectivity index (χ0n) is 13.6. The van der Waals surface area contributed by atoms with Crippen molar-refractivity contribution in [1.82, 2.24) is 15.2 Å². The van der Waals surface area contributed by atoms with Gasteiger partial charge < -0.3 is 25.7 Å². The third-order valence-corrected chi connectivity index (χ3v) is 4.26. The van der Waals surface area contributed by atoms with Gasteiger partial charge in [-0.15, -0.1) is 12.4 Å². The number of hydrogen-bond acceptors (Lipinski definition) is 4. The maximum absolute atomic E-state index is 12.4. The summed E-state index contributed by atoms with van der Waals surface area (Å²) >= 11 is 0. The van der Waals surface area contributed by atoms with E-state index in [1.807, 2.05) is 0 Å². The van der Waals surface area contributed by atoms with Gasteiger partial charge >= 0.3 is 0 Å². The molecular formula is C15H25ClN4O3. The molecule has 0 aromatic carbocycles. The molecule has 1 fully saturated rings. The molecule has 2 amide bonds. The van der Waals surface area contributed by atoms with Crippen molar-refractivity contribution in [2.24, 2.45) is 18.2 Å². The van der Waals surface area contributed by atoms with Gasteiger partial charge in [-0.3, -0.25) is 9.59 Å². The van der Waals surface area contributed by atoms with Gasteiger partial charge in [-0.25, -0.2) is 0 Å². The molecule has 0 atom stereocenters. The number of rotatable bonds is 6. The molecule has 1 aromatic heterocycles. The van der Waals surface area contributed by atoms with Gasteiger partial charge in [-0.1, -0.05) is 0 Å². The third kappa shape index (κ3) is 4.70. The molecular weight excluding hydrogens is 320 g/mol. The first kappa shape index (κ1) is 19.5. The predicted molar refractivity (Wildman–Crippen MR) is 89.9 cm³/mol. The van der Waals surface area contributed by atoms with Crippen LogP contribution in [0.5, 0.6) is 0 Å². The Kier molecular flexibility index (Phi) is 7.05. The highest BCUT2D eigenvalue weighted by Crippen LogP contribution is 2.28. The first-order valence-electron chi connectivity index (χ1n) is 7.41. The van der Waals surface area contributed by atoms with Crippen LogP contribution in [0, 0.1) is 5.41 Å². The molecule has 1 aromatic rings. The molecule has 0 aliphatic carbocycles.